The summed E-state index contributed by atoms with van der Waals surface area (Å²) in [5, 5.41) is 0.415. The first kappa shape index (κ1) is 11.0. The van der Waals surface area contributed by atoms with Crippen molar-refractivity contribution in [3.8, 4) is 11.3 Å². The molecule has 2 rings (SSSR count). The van der Waals surface area contributed by atoms with E-state index >= 15 is 0 Å². The highest BCUT2D eigenvalue weighted by Gasteiger charge is 2.15. The molecule has 0 saturated heterocycles. The summed E-state index contributed by atoms with van der Waals surface area (Å²) < 4.78 is 18.6. The number of hydrogen-bond donors (Lipinski definition) is 1. The summed E-state index contributed by atoms with van der Waals surface area (Å²) >= 11 is 6.02. The molecule has 0 saturated carbocycles. The fourth-order valence-electron chi connectivity index (χ4n) is 1.49. The van der Waals surface area contributed by atoms with Crippen LogP contribution in [0, 0.1) is 19.7 Å². The van der Waals surface area contributed by atoms with Gasteiger partial charge in [0.05, 0.1) is 10.7 Å². The fourth-order valence-corrected chi connectivity index (χ4v) is 1.79. The molecule has 1 aromatic carbocycles. The van der Waals surface area contributed by atoms with Gasteiger partial charge in [0, 0.05) is 5.56 Å². The van der Waals surface area contributed by atoms with Crippen LogP contribution in [0.15, 0.2) is 16.5 Å². The summed E-state index contributed by atoms with van der Waals surface area (Å²) in [5.41, 5.74) is 6.96. The van der Waals surface area contributed by atoms with Crippen molar-refractivity contribution < 1.29 is 8.81 Å². The Labute approximate surface area is 97.0 Å². The normalized spacial score (nSPS) is 10.8. The van der Waals surface area contributed by atoms with Gasteiger partial charge in [-0.15, -0.1) is 0 Å². The number of rotatable bonds is 1. The zero-order valence-electron chi connectivity index (χ0n) is 8.84. The highest BCUT2D eigenvalue weighted by atomic mass is 35.5. The lowest BCUT2D eigenvalue weighted by atomic mass is 10.1. The van der Waals surface area contributed by atoms with Gasteiger partial charge in [-0.1, -0.05) is 11.6 Å². The zero-order valence-corrected chi connectivity index (χ0v) is 9.60. The van der Waals surface area contributed by atoms with Crippen LogP contribution in [0.2, 0.25) is 5.02 Å². The van der Waals surface area contributed by atoms with Gasteiger partial charge >= 0.3 is 0 Å². The monoisotopic (exact) mass is 240 g/mol. The van der Waals surface area contributed by atoms with Gasteiger partial charge in [0.25, 0.3) is 6.01 Å². The second kappa shape index (κ2) is 3.79. The molecule has 0 radical (unpaired) electrons. The summed E-state index contributed by atoms with van der Waals surface area (Å²) in [6, 6.07) is 2.92. The van der Waals surface area contributed by atoms with Gasteiger partial charge in [-0.25, -0.2) is 4.39 Å². The van der Waals surface area contributed by atoms with Crippen molar-refractivity contribution in [1.29, 1.82) is 0 Å². The van der Waals surface area contributed by atoms with E-state index in [-0.39, 0.29) is 11.8 Å². The van der Waals surface area contributed by atoms with Gasteiger partial charge < -0.3 is 10.2 Å². The minimum atomic E-state index is -0.339. The van der Waals surface area contributed by atoms with E-state index in [0.29, 0.717) is 27.6 Å². The molecule has 0 spiro atoms. The molecule has 5 heteroatoms. The first-order chi connectivity index (χ1) is 7.49. The number of hydrogen-bond acceptors (Lipinski definition) is 3. The van der Waals surface area contributed by atoms with E-state index in [0.717, 1.165) is 0 Å². The van der Waals surface area contributed by atoms with Crippen molar-refractivity contribution in [2.75, 3.05) is 5.73 Å². The first-order valence-electron chi connectivity index (χ1n) is 4.68. The van der Waals surface area contributed by atoms with E-state index < -0.39 is 0 Å². The lowest BCUT2D eigenvalue weighted by Crippen LogP contribution is -1.87. The number of nitrogens with zero attached hydrogens (tertiary/aromatic N) is 1. The molecule has 0 atom stereocenters. The number of halogens is 2. The number of aromatic nitrogens is 1. The molecule has 1 aromatic heterocycles. The molecule has 16 heavy (non-hydrogen) atoms. The van der Waals surface area contributed by atoms with Crippen LogP contribution >= 0.6 is 11.6 Å². The molecular formula is C11H10ClFN2O. The second-order valence-electron chi connectivity index (χ2n) is 3.55. The van der Waals surface area contributed by atoms with Crippen LogP contribution in [-0.2, 0) is 0 Å². The van der Waals surface area contributed by atoms with Gasteiger partial charge in [-0.3, -0.25) is 0 Å². The third kappa shape index (κ3) is 1.76. The van der Waals surface area contributed by atoms with Gasteiger partial charge in [0.15, 0.2) is 5.76 Å². The molecule has 2 N–H and O–H groups in total. The SMILES string of the molecule is Cc1cc(Cl)c(-c2oc(N)nc2C)cc1F. The highest BCUT2D eigenvalue weighted by molar-refractivity contribution is 6.33. The molecule has 0 aliphatic heterocycles. The Bertz CT molecular complexity index is 551. The van der Waals surface area contributed by atoms with E-state index in [1.165, 1.54) is 6.07 Å². The summed E-state index contributed by atoms with van der Waals surface area (Å²) in [6.07, 6.45) is 0. The van der Waals surface area contributed by atoms with Crippen LogP contribution in [0.3, 0.4) is 0 Å². The molecule has 3 nitrogen and oxygen atoms in total. The minimum Gasteiger partial charge on any atom is -0.423 e. The predicted octanol–water partition coefficient (Wildman–Crippen LogP) is 3.33. The van der Waals surface area contributed by atoms with Crippen LogP contribution in [0.25, 0.3) is 11.3 Å². The van der Waals surface area contributed by atoms with Crippen LogP contribution in [-0.4, -0.2) is 4.98 Å². The Balaban J connectivity index is 2.64. The largest absolute Gasteiger partial charge is 0.423 e. The molecule has 0 unspecified atom stereocenters. The first-order valence-corrected chi connectivity index (χ1v) is 5.05. The van der Waals surface area contributed by atoms with Crippen molar-refractivity contribution in [2.45, 2.75) is 13.8 Å². The van der Waals surface area contributed by atoms with Crippen molar-refractivity contribution in [2.24, 2.45) is 0 Å². The van der Waals surface area contributed by atoms with Gasteiger partial charge in [-0.2, -0.15) is 4.98 Å². The molecule has 84 valence electrons. The van der Waals surface area contributed by atoms with Crippen molar-refractivity contribution in [1.82, 2.24) is 4.98 Å². The van der Waals surface area contributed by atoms with Crippen LogP contribution in [0.4, 0.5) is 10.4 Å². The fraction of sp³-hybridized carbons (Fsp3) is 0.182. The maximum Gasteiger partial charge on any atom is 0.292 e. The van der Waals surface area contributed by atoms with E-state index in [1.54, 1.807) is 19.9 Å². The van der Waals surface area contributed by atoms with Gasteiger partial charge in [-0.05, 0) is 31.5 Å². The number of nitrogen functional groups attached to an aromatic ring is 1. The van der Waals surface area contributed by atoms with Crippen molar-refractivity contribution in [3.63, 3.8) is 0 Å². The molecule has 2 aromatic rings. The number of aryl methyl sites for hydroxylation is 2. The molecule has 0 fully saturated rings. The smallest absolute Gasteiger partial charge is 0.292 e. The number of oxazole rings is 1. The molecule has 0 aliphatic rings. The third-order valence-corrected chi connectivity index (χ3v) is 2.62. The van der Waals surface area contributed by atoms with E-state index in [4.69, 9.17) is 21.8 Å². The van der Waals surface area contributed by atoms with Crippen LogP contribution in [0.5, 0.6) is 0 Å². The molecular weight excluding hydrogens is 231 g/mol. The number of nitrogens with two attached hydrogens (primary N) is 1. The molecule has 0 bridgehead atoms. The summed E-state index contributed by atoms with van der Waals surface area (Å²) in [7, 11) is 0. The Kier molecular flexibility index (Phi) is 2.59. The average Bonchev–Trinajstić information content (AvgIpc) is 2.51. The summed E-state index contributed by atoms with van der Waals surface area (Å²) in [5.74, 6) is 0.0650. The standard InChI is InChI=1S/C11H10ClFN2O/c1-5-3-8(12)7(4-9(5)13)10-6(2)15-11(14)16-10/h3-4H,1-2H3,(H2,14,15). The Hall–Kier alpha value is -1.55. The second-order valence-corrected chi connectivity index (χ2v) is 3.96. The lowest BCUT2D eigenvalue weighted by molar-refractivity contribution is 0.590. The average molecular weight is 241 g/mol. The summed E-state index contributed by atoms with van der Waals surface area (Å²) in [6.45, 7) is 3.37. The predicted molar refractivity (Wildman–Crippen MR) is 60.8 cm³/mol. The maximum atomic E-state index is 13.4. The van der Waals surface area contributed by atoms with Gasteiger partial charge in [0.2, 0.25) is 0 Å². The summed E-state index contributed by atoms with van der Waals surface area (Å²) in [4.78, 5) is 3.91. The van der Waals surface area contributed by atoms with Crippen LogP contribution in [0.1, 0.15) is 11.3 Å². The number of benzene rings is 1. The maximum absolute atomic E-state index is 13.4. The van der Waals surface area contributed by atoms with E-state index in [1.807, 2.05) is 0 Å². The quantitative estimate of drug-likeness (QED) is 0.832. The third-order valence-electron chi connectivity index (χ3n) is 2.31. The van der Waals surface area contributed by atoms with E-state index in [9.17, 15) is 4.39 Å². The van der Waals surface area contributed by atoms with E-state index in [2.05, 4.69) is 4.98 Å². The molecule has 0 amide bonds. The van der Waals surface area contributed by atoms with Crippen molar-refractivity contribution >= 4 is 17.6 Å². The zero-order chi connectivity index (χ0) is 11.9. The van der Waals surface area contributed by atoms with Gasteiger partial charge in [0.1, 0.15) is 5.82 Å². The van der Waals surface area contributed by atoms with Crippen molar-refractivity contribution in [3.05, 3.63) is 34.2 Å². The van der Waals surface area contributed by atoms with Crippen LogP contribution < -0.4 is 5.73 Å². The molecule has 0 aliphatic carbocycles. The number of anilines is 1. The topological polar surface area (TPSA) is 52.0 Å². The Morgan fingerprint density at radius 2 is 2.06 bits per heavy atom. The Morgan fingerprint density at radius 3 is 2.62 bits per heavy atom. The lowest BCUT2D eigenvalue weighted by Gasteiger charge is -2.04. The highest BCUT2D eigenvalue weighted by Crippen LogP contribution is 2.33. The Morgan fingerprint density at radius 1 is 1.38 bits per heavy atom. The molecule has 1 heterocycles. The minimum absolute atomic E-state index is 0.0459.